The topological polar surface area (TPSA) is 54.4 Å². The summed E-state index contributed by atoms with van der Waals surface area (Å²) in [6, 6.07) is 10.6. The van der Waals surface area contributed by atoms with Crippen LogP contribution in [0.4, 0.5) is 0 Å². The smallest absolute Gasteiger partial charge is 0.273 e. The van der Waals surface area contributed by atoms with E-state index in [0.29, 0.717) is 5.41 Å². The zero-order chi connectivity index (χ0) is 12.1. The molecule has 1 N–H and O–H groups in total. The molecule has 0 spiro atoms. The van der Waals surface area contributed by atoms with E-state index in [9.17, 15) is 0 Å². The summed E-state index contributed by atoms with van der Waals surface area (Å²) in [6.07, 6.45) is 0. The van der Waals surface area contributed by atoms with Crippen LogP contribution in [0.25, 0.3) is 0 Å². The highest BCUT2D eigenvalue weighted by Crippen LogP contribution is 2.20. The van der Waals surface area contributed by atoms with Gasteiger partial charge in [0, 0.05) is 10.7 Å². The van der Waals surface area contributed by atoms with Crippen LogP contribution in [0.2, 0.25) is 0 Å². The lowest BCUT2D eigenvalue weighted by atomic mass is 9.87. The van der Waals surface area contributed by atoms with Gasteiger partial charge >= 0.3 is 9.33 Å². The maximum atomic E-state index is 8.95. The van der Waals surface area contributed by atoms with Crippen LogP contribution in [0.1, 0.15) is 26.3 Å². The molecule has 15 heavy (non-hydrogen) atoms. The van der Waals surface area contributed by atoms with E-state index in [1.807, 2.05) is 0 Å². The lowest BCUT2D eigenvalue weighted by Gasteiger charge is -2.18. The molecule has 0 heterocycles. The summed E-state index contributed by atoms with van der Waals surface area (Å²) in [5.41, 5.74) is 1.69. The second-order valence-electron chi connectivity index (χ2n) is 4.03. The van der Waals surface area contributed by atoms with E-state index >= 15 is 0 Å². The van der Waals surface area contributed by atoms with Gasteiger partial charge in [-0.15, -0.1) is 0 Å². The van der Waals surface area contributed by atoms with Gasteiger partial charge in [0.15, 0.2) is 0 Å². The van der Waals surface area contributed by atoms with Gasteiger partial charge in [0.1, 0.15) is 0 Å². The Kier molecular flexibility index (Phi) is 5.28. The predicted octanol–water partition coefficient (Wildman–Crippen LogP) is 3.01. The molecule has 1 aromatic rings. The fourth-order valence-electron chi connectivity index (χ4n) is 0.938. The third-order valence-electron chi connectivity index (χ3n) is 1.64. The molecular formula is C10H15ClO3S. The molecule has 5 heteroatoms. The van der Waals surface area contributed by atoms with Crippen molar-refractivity contribution in [3.8, 4) is 0 Å². The molecular weight excluding hydrogens is 236 g/mol. The summed E-state index contributed by atoms with van der Waals surface area (Å²) in [4.78, 5) is 0. The molecule has 0 aromatic heterocycles. The standard InChI is InChI=1S/C10H14.ClHO3S/c1-10(2,3)9-7-5-4-6-8-9;1-5(2,3)4/h4-8H,1-3H3;(H,2,3,4). The van der Waals surface area contributed by atoms with Crippen LogP contribution in [0.15, 0.2) is 30.3 Å². The number of hydrogen-bond acceptors (Lipinski definition) is 2. The predicted molar refractivity (Wildman–Crippen MR) is 62.5 cm³/mol. The Morgan fingerprint density at radius 2 is 1.47 bits per heavy atom. The minimum Gasteiger partial charge on any atom is -0.273 e. The van der Waals surface area contributed by atoms with Gasteiger partial charge in [0.05, 0.1) is 0 Å². The van der Waals surface area contributed by atoms with Crippen LogP contribution >= 0.6 is 10.7 Å². The Bertz CT molecular complexity index is 371. The highest BCUT2D eigenvalue weighted by atomic mass is 35.7. The quantitative estimate of drug-likeness (QED) is 0.569. The highest BCUT2D eigenvalue weighted by Gasteiger charge is 2.11. The summed E-state index contributed by atoms with van der Waals surface area (Å²) in [6.45, 7) is 6.67. The van der Waals surface area contributed by atoms with Gasteiger partial charge in [-0.3, -0.25) is 4.55 Å². The lowest BCUT2D eigenvalue weighted by Crippen LogP contribution is -2.10. The van der Waals surface area contributed by atoms with E-state index in [2.05, 4.69) is 61.8 Å². The van der Waals surface area contributed by atoms with E-state index in [1.54, 1.807) is 0 Å². The first kappa shape index (κ1) is 14.4. The number of benzene rings is 1. The molecule has 0 saturated heterocycles. The van der Waals surface area contributed by atoms with Crippen molar-refractivity contribution in [1.82, 2.24) is 0 Å². The van der Waals surface area contributed by atoms with Crippen LogP contribution < -0.4 is 0 Å². The van der Waals surface area contributed by atoms with Crippen molar-refractivity contribution in [2.24, 2.45) is 0 Å². The fraction of sp³-hybridized carbons (Fsp3) is 0.400. The first-order chi connectivity index (χ1) is 6.61. The maximum absolute atomic E-state index is 8.95. The van der Waals surface area contributed by atoms with Crippen molar-refractivity contribution in [2.45, 2.75) is 26.2 Å². The van der Waals surface area contributed by atoms with Gasteiger partial charge in [-0.05, 0) is 11.0 Å². The second-order valence-corrected chi connectivity index (χ2v) is 6.02. The Morgan fingerprint density at radius 3 is 1.67 bits per heavy atom. The molecule has 0 aliphatic rings. The molecule has 0 saturated carbocycles. The average molecular weight is 251 g/mol. The van der Waals surface area contributed by atoms with Crippen LogP contribution in [-0.4, -0.2) is 13.0 Å². The number of halogens is 1. The van der Waals surface area contributed by atoms with Crippen molar-refractivity contribution in [3.63, 3.8) is 0 Å². The van der Waals surface area contributed by atoms with Crippen LogP contribution in [0.3, 0.4) is 0 Å². The summed E-state index contributed by atoms with van der Waals surface area (Å²) in [7, 11) is -0.137. The zero-order valence-electron chi connectivity index (χ0n) is 8.94. The third kappa shape index (κ3) is 9.72. The maximum Gasteiger partial charge on any atom is 0.353 e. The summed E-state index contributed by atoms with van der Waals surface area (Å²) in [5.74, 6) is 0. The minimum atomic E-state index is -4.19. The molecule has 0 aliphatic heterocycles. The molecule has 3 nitrogen and oxygen atoms in total. The van der Waals surface area contributed by atoms with Crippen molar-refractivity contribution in [3.05, 3.63) is 35.9 Å². The van der Waals surface area contributed by atoms with E-state index in [4.69, 9.17) is 13.0 Å². The van der Waals surface area contributed by atoms with Crippen LogP contribution in [-0.2, 0) is 14.7 Å². The van der Waals surface area contributed by atoms with Crippen molar-refractivity contribution < 1.29 is 13.0 Å². The SMILES string of the molecule is CC(C)(C)c1ccccc1.O=S(=O)(O)Cl. The van der Waals surface area contributed by atoms with E-state index in [1.165, 1.54) is 5.56 Å². The highest BCUT2D eigenvalue weighted by molar-refractivity contribution is 8.09. The monoisotopic (exact) mass is 250 g/mol. The first-order valence-corrected chi connectivity index (χ1v) is 6.60. The van der Waals surface area contributed by atoms with Crippen molar-refractivity contribution in [2.75, 3.05) is 0 Å². The second kappa shape index (κ2) is 5.49. The number of rotatable bonds is 0. The van der Waals surface area contributed by atoms with E-state index in [-0.39, 0.29) is 0 Å². The molecule has 1 aromatic carbocycles. The van der Waals surface area contributed by atoms with Gasteiger partial charge in [-0.25, -0.2) is 0 Å². The fourth-order valence-corrected chi connectivity index (χ4v) is 0.938. The molecule has 0 aliphatic carbocycles. The van der Waals surface area contributed by atoms with Gasteiger partial charge in [-0.1, -0.05) is 51.1 Å². The summed E-state index contributed by atoms with van der Waals surface area (Å²) < 4.78 is 25.2. The van der Waals surface area contributed by atoms with Crippen molar-refractivity contribution >= 4 is 20.0 Å². The molecule has 0 atom stereocenters. The molecule has 0 bridgehead atoms. The van der Waals surface area contributed by atoms with Gasteiger partial charge in [0.25, 0.3) is 0 Å². The first-order valence-electron chi connectivity index (χ1n) is 4.33. The number of hydrogen-bond donors (Lipinski definition) is 1. The van der Waals surface area contributed by atoms with Crippen molar-refractivity contribution in [1.29, 1.82) is 0 Å². The summed E-state index contributed by atoms with van der Waals surface area (Å²) >= 11 is 0. The van der Waals surface area contributed by atoms with Crippen LogP contribution in [0, 0.1) is 0 Å². The van der Waals surface area contributed by atoms with Gasteiger partial charge in [-0.2, -0.15) is 8.42 Å². The summed E-state index contributed by atoms with van der Waals surface area (Å²) in [5, 5.41) is 0. The molecule has 0 fully saturated rings. The van der Waals surface area contributed by atoms with Gasteiger partial charge < -0.3 is 0 Å². The Labute approximate surface area is 95.3 Å². The normalized spacial score (nSPS) is 11.5. The molecule has 0 amide bonds. The van der Waals surface area contributed by atoms with Gasteiger partial charge in [0.2, 0.25) is 0 Å². The molecule has 1 rings (SSSR count). The minimum absolute atomic E-state index is 0.293. The average Bonchev–Trinajstić information content (AvgIpc) is 2.01. The molecule has 0 unspecified atom stereocenters. The Hall–Kier alpha value is -0.580. The van der Waals surface area contributed by atoms with E-state index < -0.39 is 9.33 Å². The van der Waals surface area contributed by atoms with E-state index in [0.717, 1.165) is 0 Å². The largest absolute Gasteiger partial charge is 0.353 e. The zero-order valence-corrected chi connectivity index (χ0v) is 10.5. The third-order valence-corrected chi connectivity index (χ3v) is 1.64. The Balaban J connectivity index is 0.000000336. The Morgan fingerprint density at radius 1 is 1.13 bits per heavy atom. The lowest BCUT2D eigenvalue weighted by molar-refractivity contribution is 0.501. The molecule has 0 radical (unpaired) electrons. The molecule has 86 valence electrons. The van der Waals surface area contributed by atoms with Crippen LogP contribution in [0.5, 0.6) is 0 Å².